The Balaban J connectivity index is 2.05. The smallest absolute Gasteiger partial charge is 0.410 e. The number of hydrogen-bond donors (Lipinski definition) is 1. The second kappa shape index (κ2) is 10.6. The summed E-state index contributed by atoms with van der Waals surface area (Å²) in [6, 6.07) is 1.79. The van der Waals surface area contributed by atoms with E-state index < -0.39 is 17.7 Å². The van der Waals surface area contributed by atoms with E-state index in [9.17, 15) is 14.4 Å². The first-order chi connectivity index (χ1) is 14.4. The minimum absolute atomic E-state index is 0.201. The molecular weight excluding hydrogens is 422 g/mol. The van der Waals surface area contributed by atoms with E-state index in [1.165, 1.54) is 13.8 Å². The van der Waals surface area contributed by atoms with E-state index in [2.05, 4.69) is 10.3 Å². The molecule has 1 atom stereocenters. The molecule has 1 N–H and O–H groups in total. The Hall–Kier alpha value is -2.61. The van der Waals surface area contributed by atoms with Crippen LogP contribution in [0.4, 0.5) is 4.79 Å². The fraction of sp³-hybridized carbons (Fsp3) is 0.545. The summed E-state index contributed by atoms with van der Waals surface area (Å²) in [5, 5.41) is 3.14. The fourth-order valence-electron chi connectivity index (χ4n) is 3.11. The molecule has 1 aromatic rings. The number of halogens is 1. The van der Waals surface area contributed by atoms with Crippen LogP contribution >= 0.6 is 11.6 Å². The Morgan fingerprint density at radius 3 is 2.52 bits per heavy atom. The maximum atomic E-state index is 12.2. The van der Waals surface area contributed by atoms with Gasteiger partial charge in [-0.2, -0.15) is 0 Å². The van der Waals surface area contributed by atoms with Crippen molar-refractivity contribution in [2.75, 3.05) is 19.6 Å². The van der Waals surface area contributed by atoms with Crippen LogP contribution in [0.3, 0.4) is 0 Å². The highest BCUT2D eigenvalue weighted by atomic mass is 35.5. The second-order valence-corrected chi connectivity index (χ2v) is 8.86. The van der Waals surface area contributed by atoms with Gasteiger partial charge in [0.1, 0.15) is 11.7 Å². The molecule has 9 heteroatoms. The Morgan fingerprint density at radius 2 is 2.00 bits per heavy atom. The van der Waals surface area contributed by atoms with E-state index >= 15 is 0 Å². The van der Waals surface area contributed by atoms with Crippen molar-refractivity contribution >= 4 is 35.1 Å². The molecule has 0 saturated carbocycles. The number of esters is 1. The molecule has 0 aromatic carbocycles. The summed E-state index contributed by atoms with van der Waals surface area (Å²) >= 11 is 6.48. The van der Waals surface area contributed by atoms with Crippen molar-refractivity contribution in [1.82, 2.24) is 15.2 Å². The van der Waals surface area contributed by atoms with Crippen molar-refractivity contribution in [1.29, 1.82) is 0 Å². The van der Waals surface area contributed by atoms with Gasteiger partial charge in [-0.1, -0.05) is 17.7 Å². The molecule has 0 fully saturated rings. The monoisotopic (exact) mass is 451 g/mol. The first kappa shape index (κ1) is 24.7. The molecule has 8 nitrogen and oxygen atoms in total. The van der Waals surface area contributed by atoms with Crippen LogP contribution in [0.15, 0.2) is 18.3 Å². The third-order valence-electron chi connectivity index (χ3n) is 4.44. The normalized spacial score (nSPS) is 15.0. The summed E-state index contributed by atoms with van der Waals surface area (Å²) in [6.07, 6.45) is 3.75. The van der Waals surface area contributed by atoms with Crippen molar-refractivity contribution in [3.05, 3.63) is 34.6 Å². The number of carbonyl (C=O) groups is 3. The molecule has 0 unspecified atom stereocenters. The number of pyridine rings is 1. The van der Waals surface area contributed by atoms with Crippen LogP contribution in [0.2, 0.25) is 5.02 Å². The SMILES string of the molecule is CC(=O)NC[C@@H](Cc1cnc(C2=CCN(C(=O)OC(C)(C)C)CC2)c(Cl)c1)OC(C)=O. The Morgan fingerprint density at radius 1 is 1.29 bits per heavy atom. The number of carbonyl (C=O) groups excluding carboxylic acids is 3. The van der Waals surface area contributed by atoms with Gasteiger partial charge in [0.25, 0.3) is 0 Å². The van der Waals surface area contributed by atoms with Gasteiger partial charge in [-0.25, -0.2) is 4.79 Å². The molecule has 170 valence electrons. The molecule has 0 radical (unpaired) electrons. The van der Waals surface area contributed by atoms with Crippen LogP contribution in [-0.2, 0) is 25.5 Å². The number of nitrogens with zero attached hydrogens (tertiary/aromatic N) is 2. The van der Waals surface area contributed by atoms with Gasteiger partial charge in [0.2, 0.25) is 5.91 Å². The van der Waals surface area contributed by atoms with Crippen molar-refractivity contribution < 1.29 is 23.9 Å². The van der Waals surface area contributed by atoms with Gasteiger partial charge < -0.3 is 19.7 Å². The summed E-state index contributed by atoms with van der Waals surface area (Å²) in [7, 11) is 0. The first-order valence-corrected chi connectivity index (χ1v) is 10.6. The van der Waals surface area contributed by atoms with Crippen LogP contribution in [0.25, 0.3) is 5.57 Å². The molecule has 31 heavy (non-hydrogen) atoms. The largest absolute Gasteiger partial charge is 0.460 e. The Labute approximate surface area is 187 Å². The molecule has 0 saturated heterocycles. The molecule has 1 aliphatic heterocycles. The standard InChI is InChI=1S/C22H30ClN3O5/c1-14(27)24-13-18(30-15(2)28)10-16-11-19(23)20(25-12-16)17-6-8-26(9-7-17)21(29)31-22(3,4)5/h6,11-12,18H,7-10,13H2,1-5H3,(H,24,27)/t18-/m1/s1. The Bertz CT molecular complexity index is 863. The van der Waals surface area contributed by atoms with Crippen LogP contribution < -0.4 is 5.32 Å². The Kier molecular flexibility index (Phi) is 8.44. The summed E-state index contributed by atoms with van der Waals surface area (Å²) in [4.78, 5) is 40.9. The minimum atomic E-state index is -0.536. The quantitative estimate of drug-likeness (QED) is 0.666. The minimum Gasteiger partial charge on any atom is -0.460 e. The molecule has 2 heterocycles. The number of aromatic nitrogens is 1. The molecule has 0 aliphatic carbocycles. The van der Waals surface area contributed by atoms with Crippen LogP contribution in [-0.4, -0.2) is 59.2 Å². The van der Waals surface area contributed by atoms with Gasteiger partial charge in [-0.15, -0.1) is 0 Å². The maximum Gasteiger partial charge on any atom is 0.410 e. The zero-order valence-electron chi connectivity index (χ0n) is 18.7. The van der Waals surface area contributed by atoms with Gasteiger partial charge in [0.15, 0.2) is 0 Å². The summed E-state index contributed by atoms with van der Waals surface area (Å²) in [5.74, 6) is -0.624. The van der Waals surface area contributed by atoms with Crippen LogP contribution in [0.5, 0.6) is 0 Å². The summed E-state index contributed by atoms with van der Waals surface area (Å²) < 4.78 is 10.7. The summed E-state index contributed by atoms with van der Waals surface area (Å²) in [5.41, 5.74) is 1.88. The van der Waals surface area contributed by atoms with E-state index in [0.717, 1.165) is 11.1 Å². The maximum absolute atomic E-state index is 12.2. The van der Waals surface area contributed by atoms with Crippen LogP contribution in [0, 0.1) is 0 Å². The summed E-state index contributed by atoms with van der Waals surface area (Å²) in [6.45, 7) is 9.39. The zero-order valence-corrected chi connectivity index (χ0v) is 19.4. The molecule has 0 spiro atoms. The van der Waals surface area contributed by atoms with E-state index in [1.807, 2.05) is 26.8 Å². The number of amides is 2. The topological polar surface area (TPSA) is 97.8 Å². The lowest BCUT2D eigenvalue weighted by atomic mass is 10.0. The highest BCUT2D eigenvalue weighted by molar-refractivity contribution is 6.32. The third-order valence-corrected chi connectivity index (χ3v) is 4.73. The number of nitrogens with one attached hydrogen (secondary N) is 1. The predicted octanol–water partition coefficient (Wildman–Crippen LogP) is 3.37. The van der Waals surface area contributed by atoms with E-state index in [-0.39, 0.29) is 18.5 Å². The molecular formula is C22H30ClN3O5. The van der Waals surface area contributed by atoms with E-state index in [4.69, 9.17) is 21.1 Å². The van der Waals surface area contributed by atoms with Crippen molar-refractivity contribution in [2.45, 2.75) is 59.2 Å². The lowest BCUT2D eigenvalue weighted by Gasteiger charge is -2.29. The van der Waals surface area contributed by atoms with Crippen molar-refractivity contribution in [2.24, 2.45) is 0 Å². The van der Waals surface area contributed by atoms with Gasteiger partial charge in [0, 0.05) is 39.6 Å². The zero-order chi connectivity index (χ0) is 23.2. The van der Waals surface area contributed by atoms with Crippen LogP contribution in [0.1, 0.15) is 52.3 Å². The average Bonchev–Trinajstić information content (AvgIpc) is 2.64. The fourth-order valence-corrected chi connectivity index (χ4v) is 3.42. The highest BCUT2D eigenvalue weighted by Gasteiger charge is 2.25. The van der Waals surface area contributed by atoms with E-state index in [0.29, 0.717) is 36.6 Å². The lowest BCUT2D eigenvalue weighted by molar-refractivity contribution is -0.146. The number of rotatable bonds is 6. The van der Waals surface area contributed by atoms with Gasteiger partial charge >= 0.3 is 12.1 Å². The van der Waals surface area contributed by atoms with Crippen molar-refractivity contribution in [3.63, 3.8) is 0 Å². The van der Waals surface area contributed by atoms with E-state index in [1.54, 1.807) is 17.2 Å². The predicted molar refractivity (Wildman–Crippen MR) is 118 cm³/mol. The molecule has 1 aromatic heterocycles. The molecule has 2 rings (SSSR count). The molecule has 2 amide bonds. The molecule has 1 aliphatic rings. The highest BCUT2D eigenvalue weighted by Crippen LogP contribution is 2.28. The van der Waals surface area contributed by atoms with Gasteiger partial charge in [-0.05, 0) is 44.4 Å². The average molecular weight is 452 g/mol. The molecule has 0 bridgehead atoms. The van der Waals surface area contributed by atoms with Gasteiger partial charge in [0.05, 0.1) is 17.3 Å². The van der Waals surface area contributed by atoms with Crippen molar-refractivity contribution in [3.8, 4) is 0 Å². The van der Waals surface area contributed by atoms with Gasteiger partial charge in [-0.3, -0.25) is 14.6 Å². The third kappa shape index (κ3) is 8.20. The number of hydrogen-bond acceptors (Lipinski definition) is 6. The number of ether oxygens (including phenoxy) is 2. The second-order valence-electron chi connectivity index (χ2n) is 8.45. The first-order valence-electron chi connectivity index (χ1n) is 10.2. The lowest BCUT2D eigenvalue weighted by Crippen LogP contribution is -2.39.